The number of piperidine rings is 1. The summed E-state index contributed by atoms with van der Waals surface area (Å²) in [7, 11) is 0. The van der Waals surface area contributed by atoms with Crippen molar-refractivity contribution in [3.63, 3.8) is 0 Å². The number of nitrogens with zero attached hydrogens (tertiary/aromatic N) is 1. The second-order valence-corrected chi connectivity index (χ2v) is 8.08. The molecule has 2 aromatic rings. The van der Waals surface area contributed by atoms with E-state index in [9.17, 15) is 24.0 Å². The minimum Gasteiger partial charge on any atom is -0.410 e. The lowest BCUT2D eigenvalue weighted by Gasteiger charge is -2.28. The maximum Gasteiger partial charge on any atom is 0.417 e. The van der Waals surface area contributed by atoms with Gasteiger partial charge in [-0.05, 0) is 43.2 Å². The van der Waals surface area contributed by atoms with Crippen LogP contribution in [0.15, 0.2) is 54.2 Å². The molecule has 2 aliphatic rings. The largest absolute Gasteiger partial charge is 0.417 e. The number of benzene rings is 2. The summed E-state index contributed by atoms with van der Waals surface area (Å²) in [6.07, 6.45) is 0.431. The SMILES string of the molecule is Cc1ccc(NC(=O)Oc2cccc(NC3=CC(=O)N(C4CCC(=O)NC4=O)C3=O)c2)cc1Cl. The summed E-state index contributed by atoms with van der Waals surface area (Å²) in [6, 6.07) is 10.2. The molecule has 1 unspecified atom stereocenters. The van der Waals surface area contributed by atoms with Gasteiger partial charge in [0.25, 0.3) is 11.8 Å². The molecule has 1 saturated heterocycles. The normalized spacial score (nSPS) is 17.9. The number of rotatable bonds is 5. The summed E-state index contributed by atoms with van der Waals surface area (Å²) in [4.78, 5) is 61.6. The van der Waals surface area contributed by atoms with Crippen molar-refractivity contribution in [1.29, 1.82) is 0 Å². The minimum absolute atomic E-state index is 0.0342. The first-order valence-electron chi connectivity index (χ1n) is 10.3. The van der Waals surface area contributed by atoms with Crippen LogP contribution in [0.2, 0.25) is 5.02 Å². The van der Waals surface area contributed by atoms with Crippen LogP contribution < -0.4 is 20.7 Å². The van der Waals surface area contributed by atoms with Crippen LogP contribution in [0.4, 0.5) is 16.2 Å². The second-order valence-electron chi connectivity index (χ2n) is 7.67. The molecule has 0 radical (unpaired) electrons. The highest BCUT2D eigenvalue weighted by Crippen LogP contribution is 2.25. The maximum atomic E-state index is 12.8. The van der Waals surface area contributed by atoms with Crippen molar-refractivity contribution in [2.24, 2.45) is 0 Å². The van der Waals surface area contributed by atoms with Crippen LogP contribution in [-0.2, 0) is 19.2 Å². The van der Waals surface area contributed by atoms with E-state index in [1.165, 1.54) is 6.07 Å². The van der Waals surface area contributed by atoms with E-state index in [1.54, 1.807) is 36.4 Å². The molecule has 174 valence electrons. The van der Waals surface area contributed by atoms with Gasteiger partial charge in [0.2, 0.25) is 11.8 Å². The highest BCUT2D eigenvalue weighted by Gasteiger charge is 2.42. The molecule has 0 aromatic heterocycles. The molecule has 0 bridgehead atoms. The first-order chi connectivity index (χ1) is 16.2. The van der Waals surface area contributed by atoms with Crippen LogP contribution in [0.25, 0.3) is 0 Å². The zero-order chi connectivity index (χ0) is 24.4. The number of aryl methyl sites for hydroxylation is 1. The Balaban J connectivity index is 1.40. The fourth-order valence-electron chi connectivity index (χ4n) is 3.51. The molecule has 2 aromatic carbocycles. The highest BCUT2D eigenvalue weighted by atomic mass is 35.5. The summed E-state index contributed by atoms with van der Waals surface area (Å²) in [6.45, 7) is 1.84. The Hall–Kier alpha value is -4.18. The third kappa shape index (κ3) is 4.91. The molecule has 5 amide bonds. The Bertz CT molecular complexity index is 1260. The number of carbonyl (C=O) groups excluding carboxylic acids is 5. The van der Waals surface area contributed by atoms with Crippen LogP contribution in [-0.4, -0.2) is 40.7 Å². The Morgan fingerprint density at radius 1 is 1.12 bits per heavy atom. The van der Waals surface area contributed by atoms with Gasteiger partial charge in [-0.15, -0.1) is 0 Å². The van der Waals surface area contributed by atoms with E-state index in [1.807, 2.05) is 6.92 Å². The van der Waals surface area contributed by atoms with E-state index in [2.05, 4.69) is 16.0 Å². The van der Waals surface area contributed by atoms with Gasteiger partial charge in [0.05, 0.1) is 0 Å². The van der Waals surface area contributed by atoms with E-state index in [-0.39, 0.29) is 24.3 Å². The van der Waals surface area contributed by atoms with Gasteiger partial charge in [0.1, 0.15) is 17.5 Å². The molecule has 1 atom stereocenters. The standard InChI is InChI=1S/C23H19ClN4O6/c1-12-5-6-14(10-16(12)24)26-23(33)34-15-4-2-3-13(9-15)25-17-11-20(30)28(22(17)32)18-7-8-19(29)27-21(18)31/h2-6,9-11,18,25H,7-8H2,1H3,(H,26,33)(H,27,29,31). The molecule has 0 saturated carbocycles. The molecular weight excluding hydrogens is 464 g/mol. The van der Waals surface area contributed by atoms with Crippen molar-refractivity contribution < 1.29 is 28.7 Å². The minimum atomic E-state index is -1.05. The van der Waals surface area contributed by atoms with Crippen molar-refractivity contribution in [3.8, 4) is 5.75 Å². The molecule has 34 heavy (non-hydrogen) atoms. The second kappa shape index (κ2) is 9.36. The van der Waals surface area contributed by atoms with Gasteiger partial charge in [-0.3, -0.25) is 34.7 Å². The number of carbonyl (C=O) groups is 5. The molecule has 2 heterocycles. The number of imide groups is 2. The first kappa shape index (κ1) is 23.0. The fourth-order valence-corrected chi connectivity index (χ4v) is 3.69. The van der Waals surface area contributed by atoms with Crippen LogP contribution >= 0.6 is 11.6 Å². The molecule has 1 fully saturated rings. The van der Waals surface area contributed by atoms with Crippen molar-refractivity contribution in [2.45, 2.75) is 25.8 Å². The lowest BCUT2D eigenvalue weighted by Crippen LogP contribution is -2.54. The molecule has 0 aliphatic carbocycles. The average molecular weight is 483 g/mol. The average Bonchev–Trinajstić information content (AvgIpc) is 3.04. The molecule has 10 nitrogen and oxygen atoms in total. The van der Waals surface area contributed by atoms with Crippen LogP contribution in [0, 0.1) is 6.92 Å². The van der Waals surface area contributed by atoms with Gasteiger partial charge in [0, 0.05) is 35.0 Å². The molecular formula is C23H19ClN4O6. The van der Waals surface area contributed by atoms with E-state index in [4.69, 9.17) is 16.3 Å². The predicted molar refractivity (Wildman–Crippen MR) is 122 cm³/mol. The lowest BCUT2D eigenvalue weighted by atomic mass is 10.0. The highest BCUT2D eigenvalue weighted by molar-refractivity contribution is 6.31. The van der Waals surface area contributed by atoms with Gasteiger partial charge in [-0.25, -0.2) is 4.79 Å². The Morgan fingerprint density at radius 2 is 1.91 bits per heavy atom. The van der Waals surface area contributed by atoms with Gasteiger partial charge in [0.15, 0.2) is 0 Å². The summed E-state index contributed by atoms with van der Waals surface area (Å²) < 4.78 is 5.28. The smallest absolute Gasteiger partial charge is 0.410 e. The Labute approximate surface area is 198 Å². The van der Waals surface area contributed by atoms with Gasteiger partial charge >= 0.3 is 6.09 Å². The third-order valence-corrected chi connectivity index (χ3v) is 5.63. The number of amides is 5. The van der Waals surface area contributed by atoms with Crippen molar-refractivity contribution >= 4 is 52.7 Å². The topological polar surface area (TPSA) is 134 Å². The molecule has 4 rings (SSSR count). The number of ether oxygens (including phenoxy) is 1. The van der Waals surface area contributed by atoms with Crippen molar-refractivity contribution in [1.82, 2.24) is 10.2 Å². The zero-order valence-corrected chi connectivity index (χ0v) is 18.6. The summed E-state index contributed by atoms with van der Waals surface area (Å²) in [5.74, 6) is -2.31. The summed E-state index contributed by atoms with van der Waals surface area (Å²) >= 11 is 6.06. The number of hydrogen-bond donors (Lipinski definition) is 3. The third-order valence-electron chi connectivity index (χ3n) is 5.22. The number of halogens is 1. The van der Waals surface area contributed by atoms with Gasteiger partial charge in [-0.2, -0.15) is 0 Å². The fraction of sp³-hybridized carbons (Fsp3) is 0.174. The zero-order valence-electron chi connectivity index (χ0n) is 17.9. The monoisotopic (exact) mass is 482 g/mol. The number of nitrogens with one attached hydrogen (secondary N) is 3. The maximum absolute atomic E-state index is 12.8. The van der Waals surface area contributed by atoms with Crippen molar-refractivity contribution in [2.75, 3.05) is 10.6 Å². The predicted octanol–water partition coefficient (Wildman–Crippen LogP) is 2.73. The molecule has 11 heteroatoms. The number of anilines is 2. The quantitative estimate of drug-likeness (QED) is 0.558. The summed E-state index contributed by atoms with van der Waals surface area (Å²) in [5.41, 5.74) is 1.65. The Morgan fingerprint density at radius 3 is 2.65 bits per heavy atom. The summed E-state index contributed by atoms with van der Waals surface area (Å²) in [5, 5.41) is 8.01. The first-order valence-corrected chi connectivity index (χ1v) is 10.6. The lowest BCUT2D eigenvalue weighted by molar-refractivity contribution is -0.149. The number of hydrogen-bond acceptors (Lipinski definition) is 7. The van der Waals surface area contributed by atoms with E-state index >= 15 is 0 Å². The van der Waals surface area contributed by atoms with E-state index < -0.39 is 35.8 Å². The Kier molecular flexibility index (Phi) is 6.33. The molecule has 0 spiro atoms. The van der Waals surface area contributed by atoms with Gasteiger partial charge < -0.3 is 10.1 Å². The van der Waals surface area contributed by atoms with E-state index in [0.29, 0.717) is 16.4 Å². The van der Waals surface area contributed by atoms with Crippen molar-refractivity contribution in [3.05, 3.63) is 64.8 Å². The molecule has 2 aliphatic heterocycles. The van der Waals surface area contributed by atoms with Crippen LogP contribution in [0.5, 0.6) is 5.75 Å². The van der Waals surface area contributed by atoms with Gasteiger partial charge in [-0.1, -0.05) is 23.7 Å². The van der Waals surface area contributed by atoms with Crippen LogP contribution in [0.1, 0.15) is 18.4 Å². The van der Waals surface area contributed by atoms with E-state index in [0.717, 1.165) is 16.5 Å². The molecule has 3 N–H and O–H groups in total. The van der Waals surface area contributed by atoms with Crippen LogP contribution in [0.3, 0.4) is 0 Å².